The molecule has 0 spiro atoms. The quantitative estimate of drug-likeness (QED) is 0.836. The van der Waals surface area contributed by atoms with Crippen LogP contribution in [0.4, 0.5) is 5.95 Å². The smallest absolute Gasteiger partial charge is 0.245 e. The maximum atomic E-state index is 4.53. The number of anilines is 1. The van der Waals surface area contributed by atoms with Crippen LogP contribution in [0.25, 0.3) is 11.5 Å². The number of nitrogens with zero attached hydrogens (tertiary/aromatic N) is 5. The Kier molecular flexibility index (Phi) is 3.20. The molecule has 0 aliphatic carbocycles. The average Bonchev–Trinajstić information content (AvgIpc) is 3.07. The summed E-state index contributed by atoms with van der Waals surface area (Å²) in [6, 6.07) is 2.54. The van der Waals surface area contributed by atoms with E-state index in [0.29, 0.717) is 6.04 Å². The number of aromatic nitrogens is 5. The zero-order valence-electron chi connectivity index (χ0n) is 11.3. The van der Waals surface area contributed by atoms with E-state index in [1.54, 1.807) is 4.68 Å². The molecule has 0 amide bonds. The summed E-state index contributed by atoms with van der Waals surface area (Å²) in [5, 5.41) is 14.9. The number of aromatic amines is 1. The van der Waals surface area contributed by atoms with Crippen LogP contribution in [0.2, 0.25) is 0 Å². The molecule has 7 nitrogen and oxygen atoms in total. The summed E-state index contributed by atoms with van der Waals surface area (Å²) in [4.78, 5) is 6.75. The Hall–Kier alpha value is -1.89. The van der Waals surface area contributed by atoms with E-state index in [-0.39, 0.29) is 0 Å². The van der Waals surface area contributed by atoms with Crippen molar-refractivity contribution >= 4 is 5.95 Å². The van der Waals surface area contributed by atoms with E-state index in [9.17, 15) is 0 Å². The van der Waals surface area contributed by atoms with Crippen LogP contribution < -0.4 is 10.2 Å². The van der Waals surface area contributed by atoms with Gasteiger partial charge in [-0.1, -0.05) is 0 Å². The Balaban J connectivity index is 1.72. The molecular weight excluding hydrogens is 242 g/mol. The zero-order valence-corrected chi connectivity index (χ0v) is 11.3. The lowest BCUT2D eigenvalue weighted by Crippen LogP contribution is -2.41. The van der Waals surface area contributed by atoms with Crippen LogP contribution in [0.5, 0.6) is 0 Å². The highest BCUT2D eigenvalue weighted by Gasteiger charge is 2.21. The lowest BCUT2D eigenvalue weighted by Gasteiger charge is -2.30. The van der Waals surface area contributed by atoms with Gasteiger partial charge >= 0.3 is 0 Å². The van der Waals surface area contributed by atoms with E-state index in [1.165, 1.54) is 0 Å². The van der Waals surface area contributed by atoms with Crippen LogP contribution >= 0.6 is 0 Å². The van der Waals surface area contributed by atoms with Crippen molar-refractivity contribution in [2.75, 3.05) is 25.0 Å². The fourth-order valence-corrected chi connectivity index (χ4v) is 2.42. The van der Waals surface area contributed by atoms with Crippen molar-refractivity contribution < 1.29 is 0 Å². The van der Waals surface area contributed by atoms with E-state index in [4.69, 9.17) is 0 Å². The second-order valence-corrected chi connectivity index (χ2v) is 4.91. The second-order valence-electron chi connectivity index (χ2n) is 4.91. The van der Waals surface area contributed by atoms with Gasteiger partial charge in [-0.25, -0.2) is 0 Å². The monoisotopic (exact) mass is 261 g/mol. The largest absolute Gasteiger partial charge is 0.339 e. The molecule has 0 atom stereocenters. The molecule has 2 aromatic heterocycles. The molecule has 0 bridgehead atoms. The molecule has 3 heterocycles. The summed E-state index contributed by atoms with van der Waals surface area (Å²) in [6.45, 7) is 1.98. The SMILES string of the molecule is CNC1CCN(c2n[nH]c(-c3ccn(C)n3)n2)CC1. The topological polar surface area (TPSA) is 74.7 Å². The van der Waals surface area contributed by atoms with Gasteiger partial charge in [0.15, 0.2) is 5.82 Å². The van der Waals surface area contributed by atoms with Crippen molar-refractivity contribution in [2.45, 2.75) is 18.9 Å². The van der Waals surface area contributed by atoms with Gasteiger partial charge in [-0.05, 0) is 26.0 Å². The van der Waals surface area contributed by atoms with E-state index in [0.717, 1.165) is 43.4 Å². The van der Waals surface area contributed by atoms with Gasteiger partial charge in [-0.15, -0.1) is 5.10 Å². The summed E-state index contributed by atoms with van der Waals surface area (Å²) in [6.07, 6.45) is 4.16. The molecule has 0 unspecified atom stereocenters. The normalized spacial score (nSPS) is 17.1. The van der Waals surface area contributed by atoms with Crippen molar-refractivity contribution in [1.29, 1.82) is 0 Å². The molecule has 102 valence electrons. The van der Waals surface area contributed by atoms with Gasteiger partial charge in [-0.3, -0.25) is 9.78 Å². The number of H-pyrrole nitrogens is 1. The van der Waals surface area contributed by atoms with E-state index in [1.807, 2.05) is 26.4 Å². The standard InChI is InChI=1S/C12H19N7/c1-13-9-3-7-19(8-4-9)12-14-11(15-16-12)10-5-6-18(2)17-10/h5-6,9,13H,3-4,7-8H2,1-2H3,(H,14,15,16). The highest BCUT2D eigenvalue weighted by molar-refractivity contribution is 5.50. The van der Waals surface area contributed by atoms with Crippen molar-refractivity contribution in [3.05, 3.63) is 12.3 Å². The molecule has 19 heavy (non-hydrogen) atoms. The minimum Gasteiger partial charge on any atom is -0.339 e. The van der Waals surface area contributed by atoms with Crippen LogP contribution in [0.15, 0.2) is 12.3 Å². The molecule has 2 N–H and O–H groups in total. The number of aryl methyl sites for hydroxylation is 1. The van der Waals surface area contributed by atoms with Crippen molar-refractivity contribution in [3.63, 3.8) is 0 Å². The first kappa shape index (κ1) is 12.2. The molecule has 0 radical (unpaired) electrons. The molecule has 7 heteroatoms. The van der Waals surface area contributed by atoms with E-state index in [2.05, 4.69) is 30.5 Å². The van der Waals surface area contributed by atoms with Crippen LogP contribution in [0, 0.1) is 0 Å². The number of rotatable bonds is 3. The first-order valence-corrected chi connectivity index (χ1v) is 6.61. The molecule has 1 aliphatic heterocycles. The van der Waals surface area contributed by atoms with Crippen LogP contribution in [0.3, 0.4) is 0 Å². The average molecular weight is 261 g/mol. The molecular formula is C12H19N7. The summed E-state index contributed by atoms with van der Waals surface area (Å²) in [7, 11) is 3.91. The number of piperidine rings is 1. The highest BCUT2D eigenvalue weighted by atomic mass is 15.4. The van der Waals surface area contributed by atoms with Gasteiger partial charge < -0.3 is 10.2 Å². The molecule has 0 saturated carbocycles. The first-order valence-electron chi connectivity index (χ1n) is 6.61. The van der Waals surface area contributed by atoms with E-state index < -0.39 is 0 Å². The zero-order chi connectivity index (χ0) is 13.2. The maximum absolute atomic E-state index is 4.53. The summed E-state index contributed by atoms with van der Waals surface area (Å²) in [5.41, 5.74) is 0.825. The van der Waals surface area contributed by atoms with Crippen LogP contribution in [-0.2, 0) is 7.05 Å². The lowest BCUT2D eigenvalue weighted by atomic mass is 10.1. The third-order valence-electron chi connectivity index (χ3n) is 3.62. The van der Waals surface area contributed by atoms with Gasteiger partial charge in [0.05, 0.1) is 0 Å². The van der Waals surface area contributed by atoms with E-state index >= 15 is 0 Å². The minimum atomic E-state index is 0.616. The van der Waals surface area contributed by atoms with Gasteiger partial charge in [-0.2, -0.15) is 10.1 Å². The van der Waals surface area contributed by atoms with Gasteiger partial charge in [0.1, 0.15) is 5.69 Å². The first-order chi connectivity index (χ1) is 9.26. The van der Waals surface area contributed by atoms with Crippen molar-refractivity contribution in [2.24, 2.45) is 7.05 Å². The number of nitrogens with one attached hydrogen (secondary N) is 2. The number of hydrogen-bond donors (Lipinski definition) is 2. The molecule has 1 aliphatic rings. The predicted octanol–water partition coefficient (Wildman–Crippen LogP) is 0.393. The number of hydrogen-bond acceptors (Lipinski definition) is 5. The molecule has 2 aromatic rings. The summed E-state index contributed by atoms with van der Waals surface area (Å²) >= 11 is 0. The molecule has 0 aromatic carbocycles. The third-order valence-corrected chi connectivity index (χ3v) is 3.62. The highest BCUT2D eigenvalue weighted by Crippen LogP contribution is 2.19. The van der Waals surface area contributed by atoms with Crippen LogP contribution in [0.1, 0.15) is 12.8 Å². The van der Waals surface area contributed by atoms with Gasteiger partial charge in [0.2, 0.25) is 5.95 Å². The third kappa shape index (κ3) is 2.46. The maximum Gasteiger partial charge on any atom is 0.245 e. The van der Waals surface area contributed by atoms with Gasteiger partial charge in [0, 0.05) is 32.4 Å². The molecule has 3 rings (SSSR count). The Labute approximate surface area is 112 Å². The Morgan fingerprint density at radius 2 is 2.16 bits per heavy atom. The van der Waals surface area contributed by atoms with Crippen molar-refractivity contribution in [3.8, 4) is 11.5 Å². The minimum absolute atomic E-state index is 0.616. The van der Waals surface area contributed by atoms with Crippen LogP contribution in [-0.4, -0.2) is 51.1 Å². The fraction of sp³-hybridized carbons (Fsp3) is 0.583. The lowest BCUT2D eigenvalue weighted by molar-refractivity contribution is 0.439. The predicted molar refractivity (Wildman–Crippen MR) is 72.9 cm³/mol. The van der Waals surface area contributed by atoms with Gasteiger partial charge in [0.25, 0.3) is 0 Å². The Morgan fingerprint density at radius 1 is 1.37 bits per heavy atom. The fourth-order valence-electron chi connectivity index (χ4n) is 2.42. The Morgan fingerprint density at radius 3 is 2.79 bits per heavy atom. The summed E-state index contributed by atoms with van der Waals surface area (Å²) < 4.78 is 1.76. The molecule has 1 fully saturated rings. The molecule has 1 saturated heterocycles. The Bertz CT molecular complexity index is 536. The van der Waals surface area contributed by atoms with Crippen molar-refractivity contribution in [1.82, 2.24) is 30.3 Å². The second kappa shape index (κ2) is 5.00. The summed E-state index contributed by atoms with van der Waals surface area (Å²) in [5.74, 6) is 1.50.